The van der Waals surface area contributed by atoms with E-state index in [2.05, 4.69) is 34.9 Å². The molecule has 2 aromatic carbocycles. The summed E-state index contributed by atoms with van der Waals surface area (Å²) in [5, 5.41) is 13.9. The fraction of sp³-hybridized carbons (Fsp3) is 0.634. The number of benzene rings is 2. The van der Waals surface area contributed by atoms with Gasteiger partial charge in [-0.05, 0) is 61.0 Å². The summed E-state index contributed by atoms with van der Waals surface area (Å²) in [6.07, 6.45) is 2.51. The summed E-state index contributed by atoms with van der Waals surface area (Å²) in [5.74, 6) is -1.21. The van der Waals surface area contributed by atoms with Crippen molar-refractivity contribution in [3.8, 4) is 11.1 Å². The molecule has 0 atom stereocenters. The maximum Gasteiger partial charge on any atom is 0.407 e. The van der Waals surface area contributed by atoms with Crippen LogP contribution in [-0.2, 0) is 42.7 Å². The highest BCUT2D eigenvalue weighted by Gasteiger charge is 2.28. The molecular weight excluding hydrogens is 724 g/mol. The van der Waals surface area contributed by atoms with Crippen molar-refractivity contribution >= 4 is 18.0 Å². The Balaban J connectivity index is 0.000000776. The molecule has 0 spiro atoms. The van der Waals surface area contributed by atoms with E-state index in [9.17, 15) is 14.4 Å². The van der Waals surface area contributed by atoms with Crippen LogP contribution in [0.15, 0.2) is 48.5 Å². The molecule has 0 aromatic heterocycles. The van der Waals surface area contributed by atoms with Crippen molar-refractivity contribution in [2.24, 2.45) is 11.5 Å². The van der Waals surface area contributed by atoms with Crippen molar-refractivity contribution in [2.75, 3.05) is 112 Å². The Morgan fingerprint density at radius 1 is 0.571 bits per heavy atom. The van der Waals surface area contributed by atoms with E-state index in [-0.39, 0.29) is 24.7 Å². The molecule has 1 aliphatic carbocycles. The predicted octanol–water partition coefficient (Wildman–Crippen LogP) is 4.10. The average molecular weight is 793 g/mol. The molecule has 0 bridgehead atoms. The van der Waals surface area contributed by atoms with Crippen molar-refractivity contribution < 1.29 is 52.6 Å². The molecule has 2 aromatic rings. The minimum Gasteiger partial charge on any atom is -0.481 e. The fourth-order valence-electron chi connectivity index (χ4n) is 5.18. The minimum atomic E-state index is -0.984. The molecule has 1 aliphatic rings. The first-order valence-corrected chi connectivity index (χ1v) is 19.9. The number of nitrogens with one attached hydrogen (secondary N) is 2. The Hall–Kier alpha value is -3.67. The number of carbonyl (C=O) groups excluding carboxylic acids is 2. The maximum absolute atomic E-state index is 12.2. The van der Waals surface area contributed by atoms with Gasteiger partial charge >= 0.3 is 12.1 Å². The van der Waals surface area contributed by atoms with Crippen LogP contribution in [0.1, 0.15) is 69.4 Å². The van der Waals surface area contributed by atoms with Gasteiger partial charge in [0.15, 0.2) is 0 Å². The lowest BCUT2D eigenvalue weighted by Gasteiger charge is -2.14. The minimum absolute atomic E-state index is 0.0127. The number of amides is 2. The summed E-state index contributed by atoms with van der Waals surface area (Å²) in [6.45, 7) is 13.2. The van der Waals surface area contributed by atoms with Crippen molar-refractivity contribution in [1.82, 2.24) is 10.6 Å². The number of aliphatic carboxylic acids is 1. The molecule has 15 heteroatoms. The van der Waals surface area contributed by atoms with E-state index in [1.54, 1.807) is 0 Å². The zero-order valence-corrected chi connectivity index (χ0v) is 33.6. The van der Waals surface area contributed by atoms with Crippen LogP contribution in [0.2, 0.25) is 0 Å². The van der Waals surface area contributed by atoms with Crippen LogP contribution in [-0.4, -0.2) is 135 Å². The van der Waals surface area contributed by atoms with E-state index >= 15 is 0 Å². The van der Waals surface area contributed by atoms with Gasteiger partial charge in [-0.25, -0.2) is 4.79 Å². The summed E-state index contributed by atoms with van der Waals surface area (Å²) in [6, 6.07) is 16.5. The normalized spacial score (nSPS) is 11.4. The van der Waals surface area contributed by atoms with Gasteiger partial charge < -0.3 is 60.4 Å². The van der Waals surface area contributed by atoms with Crippen LogP contribution in [0.5, 0.6) is 0 Å². The zero-order chi connectivity index (χ0) is 40.9. The molecule has 0 unspecified atom stereocenters. The van der Waals surface area contributed by atoms with E-state index in [4.69, 9.17) is 49.7 Å². The quantitative estimate of drug-likeness (QED) is 0.0682. The highest BCUT2D eigenvalue weighted by molar-refractivity contribution is 5.80. The van der Waals surface area contributed by atoms with Crippen molar-refractivity contribution in [2.45, 2.75) is 58.3 Å². The van der Waals surface area contributed by atoms with Crippen molar-refractivity contribution in [3.63, 3.8) is 0 Å². The van der Waals surface area contributed by atoms with E-state index in [1.165, 1.54) is 22.3 Å². The largest absolute Gasteiger partial charge is 0.481 e. The van der Waals surface area contributed by atoms with Gasteiger partial charge in [-0.2, -0.15) is 0 Å². The number of carboxylic acids is 1. The Morgan fingerprint density at radius 2 is 0.964 bits per heavy atom. The number of hydrogen-bond acceptors (Lipinski definition) is 12. The monoisotopic (exact) mass is 792 g/mol. The van der Waals surface area contributed by atoms with Crippen LogP contribution in [0.4, 0.5) is 4.79 Å². The van der Waals surface area contributed by atoms with Gasteiger partial charge in [0.05, 0.1) is 59.3 Å². The van der Waals surface area contributed by atoms with Crippen LogP contribution in [0.25, 0.3) is 11.1 Å². The molecule has 0 saturated carbocycles. The number of carboxylic acid groups (broad SMARTS) is 1. The van der Waals surface area contributed by atoms with Gasteiger partial charge in [0, 0.05) is 51.9 Å². The van der Waals surface area contributed by atoms with Crippen LogP contribution in [0.3, 0.4) is 0 Å². The van der Waals surface area contributed by atoms with Gasteiger partial charge in [-0.1, -0.05) is 62.4 Å². The number of hydrogen-bond donors (Lipinski definition) is 5. The Morgan fingerprint density at radius 3 is 1.39 bits per heavy atom. The Bertz CT molecular complexity index is 1230. The molecule has 56 heavy (non-hydrogen) atoms. The number of alkyl carbamates (subject to hydrolysis) is 1. The summed E-state index contributed by atoms with van der Waals surface area (Å²) >= 11 is 0. The van der Waals surface area contributed by atoms with Crippen molar-refractivity contribution in [3.05, 3.63) is 59.7 Å². The summed E-state index contributed by atoms with van der Waals surface area (Å²) in [4.78, 5) is 33.9. The molecule has 0 aliphatic heterocycles. The number of rotatable bonds is 31. The third-order valence-corrected chi connectivity index (χ3v) is 7.91. The van der Waals surface area contributed by atoms with Gasteiger partial charge in [-0.15, -0.1) is 0 Å². The fourth-order valence-corrected chi connectivity index (χ4v) is 5.18. The molecule has 7 N–H and O–H groups in total. The third kappa shape index (κ3) is 24.8. The van der Waals surface area contributed by atoms with Gasteiger partial charge in [0.1, 0.15) is 6.61 Å². The second-order valence-corrected chi connectivity index (χ2v) is 12.2. The predicted molar refractivity (Wildman–Crippen MR) is 216 cm³/mol. The summed E-state index contributed by atoms with van der Waals surface area (Å²) < 4.78 is 37.7. The molecule has 318 valence electrons. The highest BCUT2D eigenvalue weighted by Crippen LogP contribution is 2.44. The number of carbonyl (C=O) groups is 3. The lowest BCUT2D eigenvalue weighted by molar-refractivity contribution is -0.138. The number of nitrogens with two attached hydrogens (primary N) is 2. The first kappa shape index (κ1) is 50.3. The summed E-state index contributed by atoms with van der Waals surface area (Å²) in [5.41, 5.74) is 15.4. The molecule has 3 rings (SSSR count). The Labute approximate surface area is 333 Å². The smallest absolute Gasteiger partial charge is 0.407 e. The Kier molecular flexibility index (Phi) is 32.1. The molecule has 2 amide bonds. The number of fused-ring (bicyclic) bond motifs is 3. The SMILES string of the molecule is CC.NCCCOCCOCCOCCCN.O=C(O)CCC(=O)NCCCOCCOCCOCCCNC(=O)OCC1c2ccccc2-c2ccccc21. The van der Waals surface area contributed by atoms with E-state index in [1.807, 2.05) is 38.1 Å². The molecule has 0 radical (unpaired) electrons. The molecule has 15 nitrogen and oxygen atoms in total. The first-order valence-electron chi connectivity index (χ1n) is 19.9. The molecular formula is C41H68N4O11. The molecule has 0 heterocycles. The van der Waals surface area contributed by atoms with Crippen LogP contribution < -0.4 is 22.1 Å². The van der Waals surface area contributed by atoms with Crippen LogP contribution >= 0.6 is 0 Å². The van der Waals surface area contributed by atoms with E-state index < -0.39 is 12.1 Å². The highest BCUT2D eigenvalue weighted by atomic mass is 16.6. The van der Waals surface area contributed by atoms with Gasteiger partial charge in [-0.3, -0.25) is 9.59 Å². The topological polar surface area (TPSA) is 212 Å². The third-order valence-electron chi connectivity index (χ3n) is 7.91. The average Bonchev–Trinajstić information content (AvgIpc) is 3.54. The standard InChI is InChI=1S/C29H38N2O8.C10H24N2O3.C2H6/c32-27(11-12-28(33)34)30-13-5-15-36-17-19-38-20-18-37-16-6-14-31-29(35)39-21-26-24-9-3-1-7-22(24)23-8-2-4-10-25(23)26;11-3-1-5-13-7-9-15-10-8-14-6-2-4-12;1-2/h1-4,7-10,26H,5-6,11-21H2,(H,30,32)(H,31,35)(H,33,34);1-12H2;1-2H3. The van der Waals surface area contributed by atoms with Crippen LogP contribution in [0, 0.1) is 0 Å². The molecule has 0 saturated heterocycles. The summed E-state index contributed by atoms with van der Waals surface area (Å²) in [7, 11) is 0. The lowest BCUT2D eigenvalue weighted by Crippen LogP contribution is -2.27. The second-order valence-electron chi connectivity index (χ2n) is 12.2. The molecule has 0 fully saturated rings. The van der Waals surface area contributed by atoms with Gasteiger partial charge in [0.25, 0.3) is 0 Å². The van der Waals surface area contributed by atoms with Gasteiger partial charge in [0.2, 0.25) is 5.91 Å². The zero-order valence-electron chi connectivity index (χ0n) is 33.6. The van der Waals surface area contributed by atoms with E-state index in [0.29, 0.717) is 125 Å². The lowest BCUT2D eigenvalue weighted by atomic mass is 9.98. The second kappa shape index (κ2) is 35.7. The van der Waals surface area contributed by atoms with E-state index in [0.717, 1.165) is 12.8 Å². The number of ether oxygens (including phenoxy) is 7. The van der Waals surface area contributed by atoms with Crippen molar-refractivity contribution in [1.29, 1.82) is 0 Å². The first-order chi connectivity index (χ1) is 27.5. The maximum atomic E-state index is 12.2.